The second-order valence-corrected chi connectivity index (χ2v) is 8.51. The van der Waals surface area contributed by atoms with Gasteiger partial charge in [0.15, 0.2) is 5.82 Å². The summed E-state index contributed by atoms with van der Waals surface area (Å²) in [6.07, 6.45) is 6.14. The average Bonchev–Trinajstić information content (AvgIpc) is 3.41. The number of halogens is 1. The number of aromatic nitrogens is 2. The molecule has 156 valence electrons. The number of nitrogens with zero attached hydrogens (tertiary/aromatic N) is 5. The lowest BCUT2D eigenvalue weighted by molar-refractivity contribution is 0.134. The van der Waals surface area contributed by atoms with E-state index < -0.39 is 0 Å². The molecule has 9 heteroatoms. The Kier molecular flexibility index (Phi) is 6.52. The molecule has 4 rings (SSSR count). The van der Waals surface area contributed by atoms with Crippen molar-refractivity contribution < 1.29 is 4.79 Å². The van der Waals surface area contributed by atoms with Crippen molar-refractivity contribution in [1.82, 2.24) is 19.6 Å². The van der Waals surface area contributed by atoms with E-state index in [9.17, 15) is 4.79 Å². The molecule has 2 aliphatic rings. The number of piperazine rings is 1. The summed E-state index contributed by atoms with van der Waals surface area (Å²) in [5.41, 5.74) is 2.58. The normalized spacial score (nSPS) is 17.7. The Morgan fingerprint density at radius 1 is 1.14 bits per heavy atom. The van der Waals surface area contributed by atoms with Gasteiger partial charge in [-0.3, -0.25) is 4.90 Å². The van der Waals surface area contributed by atoms with Crippen LogP contribution in [0.4, 0.5) is 16.3 Å². The van der Waals surface area contributed by atoms with Gasteiger partial charge < -0.3 is 14.5 Å². The number of rotatable bonds is 5. The number of hydrogen-bond donors (Lipinski definition) is 1. The fourth-order valence-electron chi connectivity index (χ4n) is 4.02. The molecule has 1 amide bonds. The molecule has 0 atom stereocenters. The molecule has 2 fully saturated rings. The van der Waals surface area contributed by atoms with Gasteiger partial charge in [-0.15, -0.1) is 5.10 Å². The summed E-state index contributed by atoms with van der Waals surface area (Å²) < 4.78 is 4.46. The van der Waals surface area contributed by atoms with Gasteiger partial charge in [-0.05, 0) is 36.6 Å². The fourth-order valence-corrected chi connectivity index (χ4v) is 4.53. The van der Waals surface area contributed by atoms with Crippen molar-refractivity contribution in [2.75, 3.05) is 55.1 Å². The predicted octanol–water partition coefficient (Wildman–Crippen LogP) is 3.61. The third kappa shape index (κ3) is 4.82. The van der Waals surface area contributed by atoms with Crippen LogP contribution >= 0.6 is 23.5 Å². The van der Waals surface area contributed by atoms with Gasteiger partial charge in [-0.1, -0.05) is 23.5 Å². The highest BCUT2D eigenvalue weighted by atomic mass is 35.5. The molecule has 0 radical (unpaired) electrons. The Hall–Kier alpha value is -1.90. The summed E-state index contributed by atoms with van der Waals surface area (Å²) in [5, 5.41) is 5.07. The quantitative estimate of drug-likeness (QED) is 0.725. The van der Waals surface area contributed by atoms with Crippen molar-refractivity contribution in [2.24, 2.45) is 0 Å². The summed E-state index contributed by atoms with van der Waals surface area (Å²) in [6, 6.07) is 7.97. The maximum Gasteiger partial charge on any atom is 0.344 e. The van der Waals surface area contributed by atoms with Crippen LogP contribution in [0.2, 0.25) is 5.02 Å². The lowest BCUT2D eigenvalue weighted by atomic mass is 10.1. The van der Waals surface area contributed by atoms with Crippen molar-refractivity contribution in [3.63, 3.8) is 0 Å². The highest BCUT2D eigenvalue weighted by Gasteiger charge is 2.24. The van der Waals surface area contributed by atoms with Gasteiger partial charge in [0.1, 0.15) is 0 Å². The van der Waals surface area contributed by atoms with Crippen LogP contribution in [0.15, 0.2) is 30.5 Å². The maximum atomic E-state index is 12.7. The molecule has 29 heavy (non-hydrogen) atoms. The van der Waals surface area contributed by atoms with Crippen LogP contribution in [0.3, 0.4) is 0 Å². The van der Waals surface area contributed by atoms with Crippen LogP contribution in [0.25, 0.3) is 0 Å². The standard InChI is InChI=1S/C20H27ClN6OS/c1-29-23-19-6-9-27(22-19)20(28)26-12-10-24(11-13-26)15-16-14-17(21)4-5-18(16)25-7-2-3-8-25/h4-6,9,14H,2-3,7-8,10-13,15H2,1H3,(H,22,23). The minimum Gasteiger partial charge on any atom is -0.371 e. The highest BCUT2D eigenvalue weighted by molar-refractivity contribution is 7.99. The van der Waals surface area contributed by atoms with E-state index in [0.717, 1.165) is 37.7 Å². The van der Waals surface area contributed by atoms with E-state index >= 15 is 0 Å². The Morgan fingerprint density at radius 3 is 2.62 bits per heavy atom. The van der Waals surface area contributed by atoms with Crippen LogP contribution in [0.1, 0.15) is 18.4 Å². The van der Waals surface area contributed by atoms with Crippen molar-refractivity contribution in [3.8, 4) is 0 Å². The number of amides is 1. The van der Waals surface area contributed by atoms with Crippen LogP contribution in [-0.4, -0.2) is 71.1 Å². The van der Waals surface area contributed by atoms with E-state index in [4.69, 9.17) is 11.6 Å². The molecule has 1 aromatic carbocycles. The molecule has 0 saturated carbocycles. The zero-order chi connectivity index (χ0) is 20.2. The number of carbonyl (C=O) groups is 1. The Balaban J connectivity index is 1.36. The SMILES string of the molecule is CSNc1ccn(C(=O)N2CCN(Cc3cc(Cl)ccc3N3CCCC3)CC2)n1. The average molecular weight is 435 g/mol. The van der Waals surface area contributed by atoms with Crippen LogP contribution in [0, 0.1) is 0 Å². The van der Waals surface area contributed by atoms with Gasteiger partial charge in [-0.25, -0.2) is 4.79 Å². The van der Waals surface area contributed by atoms with E-state index in [1.807, 2.05) is 23.3 Å². The van der Waals surface area contributed by atoms with E-state index in [-0.39, 0.29) is 6.03 Å². The lowest BCUT2D eigenvalue weighted by Gasteiger charge is -2.35. The molecule has 2 aromatic rings. The molecular weight excluding hydrogens is 408 g/mol. The Bertz CT molecular complexity index is 845. The molecule has 0 bridgehead atoms. The predicted molar refractivity (Wildman–Crippen MR) is 120 cm³/mol. The highest BCUT2D eigenvalue weighted by Crippen LogP contribution is 2.28. The molecule has 1 N–H and O–H groups in total. The summed E-state index contributed by atoms with van der Waals surface area (Å²) >= 11 is 7.75. The molecule has 1 aromatic heterocycles. The first-order chi connectivity index (χ1) is 14.1. The van der Waals surface area contributed by atoms with Gasteiger partial charge in [0.05, 0.1) is 0 Å². The number of benzene rings is 1. The summed E-state index contributed by atoms with van der Waals surface area (Å²) in [7, 11) is 0. The maximum absolute atomic E-state index is 12.7. The second kappa shape index (κ2) is 9.28. The summed E-state index contributed by atoms with van der Waals surface area (Å²) in [5.74, 6) is 0.694. The van der Waals surface area contributed by atoms with Crippen molar-refractivity contribution >= 4 is 41.1 Å². The fraction of sp³-hybridized carbons (Fsp3) is 0.500. The second-order valence-electron chi connectivity index (χ2n) is 7.46. The molecular formula is C20H27ClN6OS. The lowest BCUT2D eigenvalue weighted by Crippen LogP contribution is -2.49. The first-order valence-corrected chi connectivity index (χ1v) is 11.6. The molecule has 2 saturated heterocycles. The van der Waals surface area contributed by atoms with E-state index in [1.165, 1.54) is 40.7 Å². The van der Waals surface area contributed by atoms with Crippen LogP contribution in [-0.2, 0) is 6.54 Å². The summed E-state index contributed by atoms with van der Waals surface area (Å²) in [6.45, 7) is 6.18. The zero-order valence-electron chi connectivity index (χ0n) is 16.7. The van der Waals surface area contributed by atoms with Crippen molar-refractivity contribution in [3.05, 3.63) is 41.0 Å². The van der Waals surface area contributed by atoms with Gasteiger partial charge in [0.2, 0.25) is 0 Å². The first-order valence-electron chi connectivity index (χ1n) is 10.0. The van der Waals surface area contributed by atoms with E-state index in [0.29, 0.717) is 18.9 Å². The first kappa shape index (κ1) is 20.4. The van der Waals surface area contributed by atoms with Crippen LogP contribution < -0.4 is 9.62 Å². The van der Waals surface area contributed by atoms with Crippen LogP contribution in [0.5, 0.6) is 0 Å². The van der Waals surface area contributed by atoms with Gasteiger partial charge in [0.25, 0.3) is 0 Å². The monoisotopic (exact) mass is 434 g/mol. The largest absolute Gasteiger partial charge is 0.371 e. The number of carbonyl (C=O) groups excluding carboxylic acids is 1. The summed E-state index contributed by atoms with van der Waals surface area (Å²) in [4.78, 5) is 19.4. The van der Waals surface area contributed by atoms with Gasteiger partial charge >= 0.3 is 6.03 Å². The third-order valence-corrected chi connectivity index (χ3v) is 6.17. The van der Waals surface area contributed by atoms with Gasteiger partial charge in [-0.2, -0.15) is 4.68 Å². The number of anilines is 2. The molecule has 3 heterocycles. The minimum atomic E-state index is -0.0701. The minimum absolute atomic E-state index is 0.0701. The Labute approximate surface area is 181 Å². The van der Waals surface area contributed by atoms with Crippen molar-refractivity contribution in [2.45, 2.75) is 19.4 Å². The van der Waals surface area contributed by atoms with Crippen molar-refractivity contribution in [1.29, 1.82) is 0 Å². The zero-order valence-corrected chi connectivity index (χ0v) is 18.3. The third-order valence-electron chi connectivity index (χ3n) is 5.52. The van der Waals surface area contributed by atoms with E-state index in [1.54, 1.807) is 6.20 Å². The van der Waals surface area contributed by atoms with Gasteiger partial charge in [0, 0.05) is 75.0 Å². The molecule has 2 aliphatic heterocycles. The van der Waals surface area contributed by atoms with E-state index in [2.05, 4.69) is 31.8 Å². The molecule has 0 aliphatic carbocycles. The smallest absolute Gasteiger partial charge is 0.344 e. The molecule has 0 unspecified atom stereocenters. The number of hydrogen-bond acceptors (Lipinski definition) is 6. The topological polar surface area (TPSA) is 56.6 Å². The molecule has 7 nitrogen and oxygen atoms in total. The number of nitrogens with one attached hydrogen (secondary N) is 1. The molecule has 0 spiro atoms. The Morgan fingerprint density at radius 2 is 1.90 bits per heavy atom.